The Bertz CT molecular complexity index is 668. The van der Waals surface area contributed by atoms with Crippen molar-refractivity contribution in [2.45, 2.75) is 13.5 Å². The predicted molar refractivity (Wildman–Crippen MR) is 74.8 cm³/mol. The molecule has 0 fully saturated rings. The molecular weight excluding hydrogens is 276 g/mol. The van der Waals surface area contributed by atoms with Crippen molar-refractivity contribution < 1.29 is 4.21 Å². The van der Waals surface area contributed by atoms with Crippen molar-refractivity contribution in [3.8, 4) is 0 Å². The third-order valence-electron chi connectivity index (χ3n) is 2.47. The van der Waals surface area contributed by atoms with E-state index in [1.807, 2.05) is 12.3 Å². The molecular formula is C10H12N2O2S3. The number of hydrogen-bond donors (Lipinski definition) is 1. The highest BCUT2D eigenvalue weighted by molar-refractivity contribution is 7.84. The number of fused-ring (bicyclic) bond motifs is 1. The minimum atomic E-state index is -0.885. The molecule has 0 aromatic carbocycles. The molecule has 1 unspecified atom stereocenters. The lowest BCUT2D eigenvalue weighted by atomic mass is 10.4. The van der Waals surface area contributed by atoms with Crippen LogP contribution < -0.4 is 5.56 Å². The fourth-order valence-corrected chi connectivity index (χ4v) is 3.31. The van der Waals surface area contributed by atoms with Gasteiger partial charge in [-0.25, -0.2) is 0 Å². The number of H-pyrrole nitrogens is 1. The van der Waals surface area contributed by atoms with Gasteiger partial charge in [0, 0.05) is 28.9 Å². The molecule has 2 heterocycles. The van der Waals surface area contributed by atoms with Crippen LogP contribution in [0, 0.1) is 4.77 Å². The third kappa shape index (κ3) is 2.56. The minimum Gasteiger partial charge on any atom is -0.323 e. The van der Waals surface area contributed by atoms with Gasteiger partial charge in [-0.1, -0.05) is 6.92 Å². The van der Waals surface area contributed by atoms with Gasteiger partial charge in [0.1, 0.15) is 4.83 Å². The van der Waals surface area contributed by atoms with Crippen molar-refractivity contribution in [3.05, 3.63) is 26.6 Å². The van der Waals surface area contributed by atoms with Crippen LogP contribution in [0.15, 0.2) is 16.2 Å². The van der Waals surface area contributed by atoms with Gasteiger partial charge in [-0.15, -0.1) is 11.3 Å². The second-order valence-corrected chi connectivity index (χ2v) is 6.65. The van der Waals surface area contributed by atoms with Gasteiger partial charge >= 0.3 is 0 Å². The van der Waals surface area contributed by atoms with Crippen LogP contribution in [0.1, 0.15) is 6.92 Å². The van der Waals surface area contributed by atoms with Gasteiger partial charge in [0.15, 0.2) is 4.77 Å². The first kappa shape index (κ1) is 12.7. The highest BCUT2D eigenvalue weighted by Crippen LogP contribution is 2.13. The number of hydrogen-bond acceptors (Lipinski definition) is 4. The maximum absolute atomic E-state index is 12.1. The van der Waals surface area contributed by atoms with Crippen LogP contribution in [0.5, 0.6) is 0 Å². The predicted octanol–water partition coefficient (Wildman–Crippen LogP) is 1.89. The maximum Gasteiger partial charge on any atom is 0.263 e. The highest BCUT2D eigenvalue weighted by Gasteiger charge is 2.07. The summed E-state index contributed by atoms with van der Waals surface area (Å²) in [5.74, 6) is 1.06. The molecule has 0 aliphatic carbocycles. The quantitative estimate of drug-likeness (QED) is 0.874. The van der Waals surface area contributed by atoms with E-state index in [0.29, 0.717) is 28.2 Å². The molecule has 17 heavy (non-hydrogen) atoms. The molecule has 0 aliphatic rings. The molecule has 2 aromatic heterocycles. The van der Waals surface area contributed by atoms with Gasteiger partial charge in [0.05, 0.1) is 5.39 Å². The second-order valence-electron chi connectivity index (χ2n) is 3.48. The summed E-state index contributed by atoms with van der Waals surface area (Å²) in [4.78, 5) is 15.9. The van der Waals surface area contributed by atoms with Crippen LogP contribution in [0.25, 0.3) is 10.2 Å². The van der Waals surface area contributed by atoms with Gasteiger partial charge in [0.25, 0.3) is 5.56 Å². The van der Waals surface area contributed by atoms with Crippen molar-refractivity contribution in [2.75, 3.05) is 11.5 Å². The normalized spacial score (nSPS) is 13.0. The van der Waals surface area contributed by atoms with Gasteiger partial charge in [-0.3, -0.25) is 13.6 Å². The Kier molecular flexibility index (Phi) is 3.90. The first-order valence-electron chi connectivity index (χ1n) is 5.18. The molecule has 0 saturated heterocycles. The molecule has 0 spiro atoms. The average Bonchev–Trinajstić information content (AvgIpc) is 2.76. The molecule has 4 nitrogen and oxygen atoms in total. The van der Waals surface area contributed by atoms with Gasteiger partial charge in [-0.05, 0) is 23.7 Å². The summed E-state index contributed by atoms with van der Waals surface area (Å²) in [6.07, 6.45) is 0. The molecule has 2 aromatic rings. The molecule has 7 heteroatoms. The first-order valence-corrected chi connectivity index (χ1v) is 7.96. The third-order valence-corrected chi connectivity index (χ3v) is 4.91. The molecule has 0 radical (unpaired) electrons. The Morgan fingerprint density at radius 1 is 1.59 bits per heavy atom. The van der Waals surface area contributed by atoms with E-state index in [2.05, 4.69) is 4.98 Å². The Balaban J connectivity index is 2.43. The van der Waals surface area contributed by atoms with Crippen LogP contribution >= 0.6 is 23.6 Å². The number of aromatic nitrogens is 2. The van der Waals surface area contributed by atoms with E-state index in [-0.39, 0.29) is 5.56 Å². The van der Waals surface area contributed by atoms with Crippen LogP contribution in [-0.2, 0) is 17.3 Å². The molecule has 0 amide bonds. The van der Waals surface area contributed by atoms with Crippen molar-refractivity contribution in [1.29, 1.82) is 0 Å². The standard InChI is InChI=1S/C10H12N2O2S3/c1-2-17(14)6-4-12-9(13)7-3-5-16-8(7)11-10(12)15/h3,5H,2,4,6H2,1H3,(H,11,15). The summed E-state index contributed by atoms with van der Waals surface area (Å²) in [6, 6.07) is 1.78. The Morgan fingerprint density at radius 2 is 2.35 bits per heavy atom. The van der Waals surface area contributed by atoms with E-state index < -0.39 is 10.8 Å². The van der Waals surface area contributed by atoms with Crippen molar-refractivity contribution in [3.63, 3.8) is 0 Å². The maximum atomic E-state index is 12.1. The summed E-state index contributed by atoms with van der Waals surface area (Å²) in [6.45, 7) is 2.27. The zero-order valence-electron chi connectivity index (χ0n) is 9.26. The summed E-state index contributed by atoms with van der Waals surface area (Å²) in [5, 5.41) is 2.50. The zero-order chi connectivity index (χ0) is 12.4. The number of nitrogens with one attached hydrogen (secondary N) is 1. The van der Waals surface area contributed by atoms with Crippen molar-refractivity contribution in [2.24, 2.45) is 0 Å². The summed E-state index contributed by atoms with van der Waals surface area (Å²) >= 11 is 6.59. The minimum absolute atomic E-state index is 0.0990. The number of rotatable bonds is 4. The summed E-state index contributed by atoms with van der Waals surface area (Å²) < 4.78 is 13.3. The monoisotopic (exact) mass is 288 g/mol. The van der Waals surface area contributed by atoms with Gasteiger partial charge < -0.3 is 4.98 Å². The number of thiophene rings is 1. The van der Waals surface area contributed by atoms with E-state index in [0.717, 1.165) is 4.83 Å². The second kappa shape index (κ2) is 5.24. The number of nitrogens with zero attached hydrogens (tertiary/aromatic N) is 1. The van der Waals surface area contributed by atoms with E-state index in [1.165, 1.54) is 15.9 Å². The molecule has 1 N–H and O–H groups in total. The smallest absolute Gasteiger partial charge is 0.263 e. The molecule has 0 saturated carbocycles. The zero-order valence-corrected chi connectivity index (χ0v) is 11.7. The van der Waals surface area contributed by atoms with Crippen molar-refractivity contribution in [1.82, 2.24) is 9.55 Å². The number of aromatic amines is 1. The fourth-order valence-electron chi connectivity index (χ4n) is 1.52. The van der Waals surface area contributed by atoms with E-state index in [4.69, 9.17) is 12.2 Å². The lowest BCUT2D eigenvalue weighted by Gasteiger charge is -2.05. The fraction of sp³-hybridized carbons (Fsp3) is 0.400. The SMILES string of the molecule is CCS(=O)CCn1c(=S)[nH]c2sccc2c1=O. The van der Waals surface area contributed by atoms with E-state index >= 15 is 0 Å². The Labute approximate surface area is 110 Å². The lowest BCUT2D eigenvalue weighted by Crippen LogP contribution is -2.24. The van der Waals surface area contributed by atoms with E-state index in [1.54, 1.807) is 6.07 Å². The summed E-state index contributed by atoms with van der Waals surface area (Å²) in [7, 11) is -0.885. The van der Waals surface area contributed by atoms with Crippen LogP contribution in [0.4, 0.5) is 0 Å². The summed E-state index contributed by atoms with van der Waals surface area (Å²) in [5.41, 5.74) is -0.0990. The van der Waals surface area contributed by atoms with Gasteiger partial charge in [0.2, 0.25) is 0 Å². The van der Waals surface area contributed by atoms with Gasteiger partial charge in [-0.2, -0.15) is 0 Å². The van der Waals surface area contributed by atoms with Crippen molar-refractivity contribution >= 4 is 44.6 Å². The largest absolute Gasteiger partial charge is 0.323 e. The molecule has 2 rings (SSSR count). The Hall–Kier alpha value is -0.790. The molecule has 0 aliphatic heterocycles. The molecule has 1 atom stereocenters. The van der Waals surface area contributed by atoms with Crippen LogP contribution in [0.2, 0.25) is 0 Å². The van der Waals surface area contributed by atoms with E-state index in [9.17, 15) is 9.00 Å². The first-order chi connectivity index (χ1) is 8.13. The van der Waals surface area contributed by atoms with Crippen LogP contribution in [0.3, 0.4) is 0 Å². The Morgan fingerprint density at radius 3 is 3.06 bits per heavy atom. The molecule has 92 valence electrons. The lowest BCUT2D eigenvalue weighted by molar-refractivity contribution is 0.665. The average molecular weight is 288 g/mol. The van der Waals surface area contributed by atoms with Crippen LogP contribution in [-0.4, -0.2) is 25.3 Å². The molecule has 0 bridgehead atoms. The topological polar surface area (TPSA) is 54.9 Å². The highest BCUT2D eigenvalue weighted by atomic mass is 32.2.